The number of hydrogen-bond donors (Lipinski definition) is 1. The normalized spacial score (nSPS) is 17.1. The molecule has 0 aliphatic carbocycles. The van der Waals surface area contributed by atoms with Gasteiger partial charge in [0.25, 0.3) is 11.6 Å². The molecular weight excluding hydrogens is 413 g/mol. The van der Waals surface area contributed by atoms with Crippen LogP contribution in [0.15, 0.2) is 41.1 Å². The van der Waals surface area contributed by atoms with Crippen LogP contribution in [0, 0.1) is 0 Å². The lowest BCUT2D eigenvalue weighted by Crippen LogP contribution is -2.52. The van der Waals surface area contributed by atoms with Gasteiger partial charge in [-0.15, -0.1) is 0 Å². The summed E-state index contributed by atoms with van der Waals surface area (Å²) in [5.41, 5.74) is 0.728. The Morgan fingerprint density at radius 1 is 1.29 bits per heavy atom. The maximum Gasteiger partial charge on any atom is 0.416 e. The standard InChI is InChI=1S/C21H19F3N4O3/c1-2-3-16-15-10-13(11-26-19(15)31-27-16)20(30)28-9-8-25-18(29)17(28)12-4-6-14(7-5-12)21(22,23)24/h4-7,10-11,17H,2-3,8-9H2,1H3,(H,25,29). The summed E-state index contributed by atoms with van der Waals surface area (Å²) in [7, 11) is 0. The van der Waals surface area contributed by atoms with E-state index < -0.39 is 29.6 Å². The van der Waals surface area contributed by atoms with Crippen molar-refractivity contribution in [2.75, 3.05) is 13.1 Å². The van der Waals surface area contributed by atoms with Crippen LogP contribution in [0.4, 0.5) is 13.2 Å². The monoisotopic (exact) mass is 432 g/mol. The Morgan fingerprint density at radius 2 is 2.03 bits per heavy atom. The van der Waals surface area contributed by atoms with E-state index in [1.54, 1.807) is 6.07 Å². The van der Waals surface area contributed by atoms with Crippen LogP contribution in [0.25, 0.3) is 11.1 Å². The number of piperazine rings is 1. The van der Waals surface area contributed by atoms with Gasteiger partial charge in [-0.2, -0.15) is 13.2 Å². The molecule has 0 saturated carbocycles. The predicted octanol–water partition coefficient (Wildman–Crippen LogP) is 3.51. The molecule has 4 rings (SSSR count). The smallest absolute Gasteiger partial charge is 0.352 e. The van der Waals surface area contributed by atoms with Crippen LogP contribution in [0.2, 0.25) is 0 Å². The van der Waals surface area contributed by atoms with Gasteiger partial charge in [-0.1, -0.05) is 30.6 Å². The van der Waals surface area contributed by atoms with Crippen molar-refractivity contribution in [2.24, 2.45) is 0 Å². The minimum absolute atomic E-state index is 0.208. The molecule has 0 spiro atoms. The average Bonchev–Trinajstić information content (AvgIpc) is 3.15. The van der Waals surface area contributed by atoms with E-state index in [1.807, 2.05) is 6.92 Å². The van der Waals surface area contributed by atoms with Gasteiger partial charge in [0, 0.05) is 19.3 Å². The molecule has 1 fully saturated rings. The molecule has 1 atom stereocenters. The first-order valence-electron chi connectivity index (χ1n) is 9.79. The van der Waals surface area contributed by atoms with Crippen molar-refractivity contribution in [2.45, 2.75) is 32.0 Å². The number of aryl methyl sites for hydroxylation is 1. The lowest BCUT2D eigenvalue weighted by molar-refractivity contribution is -0.137. The molecule has 1 aromatic carbocycles. The second-order valence-electron chi connectivity index (χ2n) is 7.27. The van der Waals surface area contributed by atoms with Crippen molar-refractivity contribution in [3.05, 3.63) is 58.9 Å². The number of pyridine rings is 1. The van der Waals surface area contributed by atoms with E-state index >= 15 is 0 Å². The molecule has 1 aliphatic heterocycles. The van der Waals surface area contributed by atoms with Crippen molar-refractivity contribution in [3.8, 4) is 0 Å². The minimum Gasteiger partial charge on any atom is -0.352 e. The second kappa shape index (κ2) is 8.01. The second-order valence-corrected chi connectivity index (χ2v) is 7.27. The van der Waals surface area contributed by atoms with Crippen LogP contribution >= 0.6 is 0 Å². The molecule has 2 amide bonds. The van der Waals surface area contributed by atoms with Gasteiger partial charge in [0.1, 0.15) is 6.04 Å². The topological polar surface area (TPSA) is 88.3 Å². The van der Waals surface area contributed by atoms with Gasteiger partial charge in [-0.05, 0) is 30.2 Å². The van der Waals surface area contributed by atoms with Crippen LogP contribution in [0.1, 0.15) is 46.6 Å². The number of halogens is 3. The molecule has 3 aromatic rings. The maximum atomic E-state index is 13.3. The highest BCUT2D eigenvalue weighted by Gasteiger charge is 2.36. The molecular formula is C21H19F3N4O3. The van der Waals surface area contributed by atoms with Crippen LogP contribution in [-0.4, -0.2) is 39.9 Å². The van der Waals surface area contributed by atoms with Crippen LogP contribution in [0.3, 0.4) is 0 Å². The molecule has 162 valence electrons. The number of rotatable bonds is 4. The Bertz CT molecular complexity index is 1130. The highest BCUT2D eigenvalue weighted by atomic mass is 19.4. The van der Waals surface area contributed by atoms with E-state index in [4.69, 9.17) is 4.52 Å². The summed E-state index contributed by atoms with van der Waals surface area (Å²) in [5, 5.41) is 7.27. The summed E-state index contributed by atoms with van der Waals surface area (Å²) < 4.78 is 43.9. The fraction of sp³-hybridized carbons (Fsp3) is 0.333. The third-order valence-corrected chi connectivity index (χ3v) is 5.16. The van der Waals surface area contributed by atoms with E-state index in [9.17, 15) is 22.8 Å². The molecule has 3 heterocycles. The summed E-state index contributed by atoms with van der Waals surface area (Å²) in [5.74, 6) is -0.900. The number of carbonyl (C=O) groups excluding carboxylic acids is 2. The number of carbonyl (C=O) groups is 2. The lowest BCUT2D eigenvalue weighted by atomic mass is 9.99. The van der Waals surface area contributed by atoms with Crippen LogP contribution in [-0.2, 0) is 17.4 Å². The first-order chi connectivity index (χ1) is 14.8. The zero-order chi connectivity index (χ0) is 22.2. The molecule has 1 saturated heterocycles. The highest BCUT2D eigenvalue weighted by molar-refractivity contribution is 6.00. The summed E-state index contributed by atoms with van der Waals surface area (Å²) >= 11 is 0. The van der Waals surface area contributed by atoms with Gasteiger partial charge >= 0.3 is 6.18 Å². The number of alkyl halides is 3. The third-order valence-electron chi connectivity index (χ3n) is 5.16. The first kappa shape index (κ1) is 20.8. The summed E-state index contributed by atoms with van der Waals surface area (Å²) in [4.78, 5) is 31.3. The van der Waals surface area contributed by atoms with E-state index in [0.717, 1.165) is 18.6 Å². The molecule has 1 unspecified atom stereocenters. The Labute approximate surface area is 175 Å². The largest absolute Gasteiger partial charge is 0.416 e. The third kappa shape index (κ3) is 3.97. The van der Waals surface area contributed by atoms with Gasteiger partial charge in [0.15, 0.2) is 0 Å². The minimum atomic E-state index is -4.49. The van der Waals surface area contributed by atoms with Crippen molar-refractivity contribution in [3.63, 3.8) is 0 Å². The number of nitrogens with one attached hydrogen (secondary N) is 1. The summed E-state index contributed by atoms with van der Waals surface area (Å²) in [6, 6.07) is 4.84. The SMILES string of the molecule is CCCc1noc2ncc(C(=O)N3CCNC(=O)C3c3ccc(C(F)(F)F)cc3)cc12. The molecule has 31 heavy (non-hydrogen) atoms. The number of hydrogen-bond acceptors (Lipinski definition) is 5. The Kier molecular flexibility index (Phi) is 5.38. The van der Waals surface area contributed by atoms with E-state index in [0.29, 0.717) is 28.8 Å². The maximum absolute atomic E-state index is 13.3. The Hall–Kier alpha value is -3.43. The summed E-state index contributed by atoms with van der Waals surface area (Å²) in [6.07, 6.45) is -1.64. The Morgan fingerprint density at radius 3 is 2.71 bits per heavy atom. The van der Waals surface area contributed by atoms with Gasteiger partial charge in [-0.3, -0.25) is 9.59 Å². The number of benzene rings is 1. The molecule has 1 N–H and O–H groups in total. The zero-order valence-electron chi connectivity index (χ0n) is 16.6. The molecule has 0 bridgehead atoms. The average molecular weight is 432 g/mol. The first-order valence-corrected chi connectivity index (χ1v) is 9.79. The van der Waals surface area contributed by atoms with E-state index in [2.05, 4.69) is 15.5 Å². The number of aromatic nitrogens is 2. The van der Waals surface area contributed by atoms with Crippen molar-refractivity contribution < 1.29 is 27.3 Å². The summed E-state index contributed by atoms with van der Waals surface area (Å²) in [6.45, 7) is 2.44. The fourth-order valence-electron chi connectivity index (χ4n) is 3.65. The van der Waals surface area contributed by atoms with E-state index in [-0.39, 0.29) is 18.7 Å². The quantitative estimate of drug-likeness (QED) is 0.682. The number of nitrogens with zero attached hydrogens (tertiary/aromatic N) is 3. The fourth-order valence-corrected chi connectivity index (χ4v) is 3.65. The zero-order valence-corrected chi connectivity index (χ0v) is 16.6. The van der Waals surface area contributed by atoms with Gasteiger partial charge in [0.05, 0.1) is 22.2 Å². The Balaban J connectivity index is 1.68. The lowest BCUT2D eigenvalue weighted by Gasteiger charge is -2.35. The molecule has 0 radical (unpaired) electrons. The number of amides is 2. The van der Waals surface area contributed by atoms with Gasteiger partial charge in [-0.25, -0.2) is 4.98 Å². The van der Waals surface area contributed by atoms with Gasteiger partial charge in [0.2, 0.25) is 5.91 Å². The molecule has 10 heteroatoms. The van der Waals surface area contributed by atoms with Crippen molar-refractivity contribution in [1.29, 1.82) is 0 Å². The molecule has 7 nitrogen and oxygen atoms in total. The van der Waals surface area contributed by atoms with E-state index in [1.165, 1.54) is 23.2 Å². The van der Waals surface area contributed by atoms with Gasteiger partial charge < -0.3 is 14.7 Å². The molecule has 1 aliphatic rings. The predicted molar refractivity (Wildman–Crippen MR) is 104 cm³/mol. The molecule has 2 aromatic heterocycles. The van der Waals surface area contributed by atoms with Crippen LogP contribution < -0.4 is 5.32 Å². The van der Waals surface area contributed by atoms with Crippen molar-refractivity contribution in [1.82, 2.24) is 20.4 Å². The number of fused-ring (bicyclic) bond motifs is 1. The van der Waals surface area contributed by atoms with Crippen LogP contribution in [0.5, 0.6) is 0 Å². The van der Waals surface area contributed by atoms with Crippen molar-refractivity contribution >= 4 is 22.9 Å². The highest BCUT2D eigenvalue weighted by Crippen LogP contribution is 2.32.